The van der Waals surface area contributed by atoms with E-state index in [2.05, 4.69) is 5.32 Å². The second-order valence-electron chi connectivity index (χ2n) is 5.31. The maximum atomic E-state index is 11.9. The van der Waals surface area contributed by atoms with Gasteiger partial charge in [-0.2, -0.15) is 0 Å². The molecule has 0 aromatic heterocycles. The minimum Gasteiger partial charge on any atom is -0.463 e. The number of rotatable bonds is 1. The van der Waals surface area contributed by atoms with Gasteiger partial charge in [0.1, 0.15) is 6.61 Å². The molecule has 0 spiro atoms. The summed E-state index contributed by atoms with van der Waals surface area (Å²) in [7, 11) is 0. The average molecular weight is 287 g/mol. The van der Waals surface area contributed by atoms with E-state index in [9.17, 15) is 9.59 Å². The molecule has 1 aliphatic heterocycles. The highest BCUT2D eigenvalue weighted by Crippen LogP contribution is 2.16. The minimum absolute atomic E-state index is 0.0295. The van der Waals surface area contributed by atoms with E-state index in [1.54, 1.807) is 0 Å². The smallest absolute Gasteiger partial charge is 0.309 e. The first-order valence-corrected chi connectivity index (χ1v) is 7.32. The van der Waals surface area contributed by atoms with E-state index in [0.717, 1.165) is 5.56 Å². The second-order valence-corrected chi connectivity index (χ2v) is 5.31. The molecule has 21 heavy (non-hydrogen) atoms. The van der Waals surface area contributed by atoms with Gasteiger partial charge in [-0.15, -0.1) is 0 Å². The highest BCUT2D eigenvalue weighted by atomic mass is 16.5. The fourth-order valence-corrected chi connectivity index (χ4v) is 2.21. The van der Waals surface area contributed by atoms with Crippen molar-refractivity contribution in [3.05, 3.63) is 48.0 Å². The molecule has 1 aromatic rings. The summed E-state index contributed by atoms with van der Waals surface area (Å²) in [5.41, 5.74) is 0.943. The largest absolute Gasteiger partial charge is 0.463 e. The molecule has 0 radical (unpaired) electrons. The van der Waals surface area contributed by atoms with Crippen LogP contribution in [0.3, 0.4) is 0 Å². The number of carbonyl (C=O) groups excluding carboxylic acids is 2. The number of nitrogens with one attached hydrogen (secondary N) is 1. The Kier molecular flexibility index (Phi) is 5.55. The van der Waals surface area contributed by atoms with Crippen molar-refractivity contribution in [2.45, 2.75) is 32.2 Å². The number of cyclic esters (lactones) is 1. The van der Waals surface area contributed by atoms with E-state index < -0.39 is 0 Å². The van der Waals surface area contributed by atoms with Gasteiger partial charge in [-0.25, -0.2) is 0 Å². The molecule has 2 atom stereocenters. The van der Waals surface area contributed by atoms with E-state index in [-0.39, 0.29) is 30.4 Å². The predicted octanol–water partition coefficient (Wildman–Crippen LogP) is 2.76. The molecule has 0 saturated carbocycles. The lowest BCUT2D eigenvalue weighted by molar-refractivity contribution is -0.149. The average Bonchev–Trinajstić information content (AvgIpc) is 2.50. The van der Waals surface area contributed by atoms with Gasteiger partial charge < -0.3 is 10.1 Å². The normalized spacial score (nSPS) is 24.4. The number of hydrogen-bond acceptors (Lipinski definition) is 3. The first-order valence-electron chi connectivity index (χ1n) is 7.32. The van der Waals surface area contributed by atoms with Crippen molar-refractivity contribution in [1.82, 2.24) is 5.32 Å². The summed E-state index contributed by atoms with van der Waals surface area (Å²) in [4.78, 5) is 23.9. The topological polar surface area (TPSA) is 55.4 Å². The van der Waals surface area contributed by atoms with Crippen LogP contribution < -0.4 is 5.32 Å². The van der Waals surface area contributed by atoms with Crippen molar-refractivity contribution in [2.75, 3.05) is 6.61 Å². The fraction of sp³-hybridized carbons (Fsp3) is 0.412. The first-order chi connectivity index (χ1) is 10.2. The number of benzene rings is 1. The molecule has 1 aliphatic rings. The molecule has 0 fully saturated rings. The zero-order valence-corrected chi connectivity index (χ0v) is 12.2. The van der Waals surface area contributed by atoms with Crippen LogP contribution in [0, 0.1) is 5.92 Å². The number of ether oxygens (including phenoxy) is 1. The SMILES string of the molecule is C[C@H]1CC=CCCC(=O)N[C@H](c2ccccc2)COC1=O. The predicted molar refractivity (Wildman–Crippen MR) is 80.4 cm³/mol. The summed E-state index contributed by atoms with van der Waals surface area (Å²) in [6, 6.07) is 9.29. The van der Waals surface area contributed by atoms with Gasteiger partial charge in [0.2, 0.25) is 5.91 Å². The molecule has 0 saturated heterocycles. The van der Waals surface area contributed by atoms with Gasteiger partial charge in [-0.1, -0.05) is 49.4 Å². The van der Waals surface area contributed by atoms with Gasteiger partial charge in [0.15, 0.2) is 0 Å². The summed E-state index contributed by atoms with van der Waals surface area (Å²) < 4.78 is 5.35. The van der Waals surface area contributed by atoms with E-state index >= 15 is 0 Å². The Morgan fingerprint density at radius 3 is 2.67 bits per heavy atom. The van der Waals surface area contributed by atoms with Gasteiger partial charge in [0, 0.05) is 6.42 Å². The van der Waals surface area contributed by atoms with Crippen LogP contribution in [0.2, 0.25) is 0 Å². The summed E-state index contributed by atoms with van der Waals surface area (Å²) >= 11 is 0. The minimum atomic E-state index is -0.293. The van der Waals surface area contributed by atoms with Crippen molar-refractivity contribution in [2.24, 2.45) is 5.92 Å². The number of carbonyl (C=O) groups is 2. The van der Waals surface area contributed by atoms with Crippen LogP contribution in [0.25, 0.3) is 0 Å². The van der Waals surface area contributed by atoms with E-state index in [1.165, 1.54) is 0 Å². The number of amides is 1. The van der Waals surface area contributed by atoms with Crippen molar-refractivity contribution in [3.63, 3.8) is 0 Å². The third-order valence-electron chi connectivity index (χ3n) is 3.53. The van der Waals surface area contributed by atoms with Gasteiger partial charge in [-0.05, 0) is 18.4 Å². The number of esters is 1. The molecule has 1 N–H and O–H groups in total. The Morgan fingerprint density at radius 1 is 1.14 bits per heavy atom. The Balaban J connectivity index is 2.13. The Hall–Kier alpha value is -2.10. The van der Waals surface area contributed by atoms with Crippen molar-refractivity contribution < 1.29 is 14.3 Å². The maximum Gasteiger partial charge on any atom is 0.309 e. The highest BCUT2D eigenvalue weighted by Gasteiger charge is 2.19. The van der Waals surface area contributed by atoms with Crippen LogP contribution >= 0.6 is 0 Å². The van der Waals surface area contributed by atoms with Crippen LogP contribution in [0.1, 0.15) is 37.8 Å². The molecule has 1 heterocycles. The molecule has 1 aromatic carbocycles. The zero-order chi connectivity index (χ0) is 15.1. The fourth-order valence-electron chi connectivity index (χ4n) is 2.21. The Morgan fingerprint density at radius 2 is 1.90 bits per heavy atom. The molecule has 4 heteroatoms. The third-order valence-corrected chi connectivity index (χ3v) is 3.53. The molecule has 0 aliphatic carbocycles. The van der Waals surface area contributed by atoms with E-state index in [1.807, 2.05) is 49.4 Å². The van der Waals surface area contributed by atoms with Crippen LogP contribution in [0.4, 0.5) is 0 Å². The molecule has 1 amide bonds. The number of allylic oxidation sites excluding steroid dienone is 2. The van der Waals surface area contributed by atoms with Crippen molar-refractivity contribution in [3.8, 4) is 0 Å². The molecule has 2 rings (SSSR count). The summed E-state index contributed by atoms with van der Waals surface area (Å²) in [6.45, 7) is 2.02. The van der Waals surface area contributed by atoms with E-state index in [4.69, 9.17) is 4.74 Å². The van der Waals surface area contributed by atoms with Gasteiger partial charge >= 0.3 is 5.97 Å². The van der Waals surface area contributed by atoms with Gasteiger partial charge in [0.05, 0.1) is 12.0 Å². The van der Waals surface area contributed by atoms with Gasteiger partial charge in [-0.3, -0.25) is 9.59 Å². The maximum absolute atomic E-state index is 11.9. The second kappa shape index (κ2) is 7.62. The monoisotopic (exact) mass is 287 g/mol. The quantitative estimate of drug-likeness (QED) is 0.638. The summed E-state index contributed by atoms with van der Waals surface area (Å²) in [6.07, 6.45) is 5.67. The first kappa shape index (κ1) is 15.3. The van der Waals surface area contributed by atoms with Crippen LogP contribution in [-0.4, -0.2) is 18.5 Å². The molecule has 4 nitrogen and oxygen atoms in total. The lowest BCUT2D eigenvalue weighted by atomic mass is 10.1. The van der Waals surface area contributed by atoms with Crippen molar-refractivity contribution in [1.29, 1.82) is 0 Å². The lowest BCUT2D eigenvalue weighted by Crippen LogP contribution is -2.32. The Bertz CT molecular complexity index is 510. The third kappa shape index (κ3) is 4.74. The molecular weight excluding hydrogens is 266 g/mol. The Labute approximate surface area is 125 Å². The van der Waals surface area contributed by atoms with Crippen LogP contribution in [-0.2, 0) is 14.3 Å². The number of hydrogen-bond donors (Lipinski definition) is 1. The zero-order valence-electron chi connectivity index (χ0n) is 12.2. The van der Waals surface area contributed by atoms with Crippen LogP contribution in [0.5, 0.6) is 0 Å². The van der Waals surface area contributed by atoms with Crippen LogP contribution in [0.15, 0.2) is 42.5 Å². The standard InChI is InChI=1S/C17H21NO3/c1-13-8-4-2-7-11-16(19)18-15(12-21-17(13)20)14-9-5-3-6-10-14/h2-6,9-10,13,15H,7-8,11-12H2,1H3,(H,18,19)/t13-,15-/m0/s1. The van der Waals surface area contributed by atoms with Gasteiger partial charge in [0.25, 0.3) is 0 Å². The van der Waals surface area contributed by atoms with Crippen molar-refractivity contribution >= 4 is 11.9 Å². The lowest BCUT2D eigenvalue weighted by Gasteiger charge is -2.20. The summed E-state index contributed by atoms with van der Waals surface area (Å²) in [5.74, 6) is -0.415. The molecule has 112 valence electrons. The summed E-state index contributed by atoms with van der Waals surface area (Å²) in [5, 5.41) is 2.94. The van der Waals surface area contributed by atoms with E-state index in [0.29, 0.717) is 19.3 Å². The highest BCUT2D eigenvalue weighted by molar-refractivity contribution is 5.77. The molecular formula is C17H21NO3. The molecule has 0 bridgehead atoms. The molecule has 0 unspecified atom stereocenters.